The molecule has 3 rings (SSSR count). The van der Waals surface area contributed by atoms with E-state index in [1.54, 1.807) is 6.07 Å². The zero-order valence-electron chi connectivity index (χ0n) is 10.4. The zero-order chi connectivity index (χ0) is 14.3. The number of anilines is 3. The van der Waals surface area contributed by atoms with Crippen molar-refractivity contribution in [3.63, 3.8) is 0 Å². The fourth-order valence-corrected chi connectivity index (χ4v) is 2.87. The van der Waals surface area contributed by atoms with Gasteiger partial charge in [-0.1, -0.05) is 11.6 Å². The smallest absolute Gasteiger partial charge is 0.223 e. The summed E-state index contributed by atoms with van der Waals surface area (Å²) in [5.41, 5.74) is 6.24. The van der Waals surface area contributed by atoms with Crippen molar-refractivity contribution < 1.29 is 4.39 Å². The number of halogens is 2. The summed E-state index contributed by atoms with van der Waals surface area (Å²) in [6, 6.07) is 6.44. The number of nitrogens with two attached hydrogens (primary N) is 1. The molecule has 2 heterocycles. The van der Waals surface area contributed by atoms with Crippen LogP contribution in [0.1, 0.15) is 4.88 Å². The molecular weight excluding hydrogens is 299 g/mol. The molecule has 102 valence electrons. The number of fused-ring (bicyclic) bond motifs is 1. The summed E-state index contributed by atoms with van der Waals surface area (Å²) in [5, 5.41) is 3.98. The molecule has 0 aliphatic rings. The van der Waals surface area contributed by atoms with Gasteiger partial charge in [-0.3, -0.25) is 0 Å². The fourth-order valence-electron chi connectivity index (χ4n) is 1.86. The Morgan fingerprint density at radius 3 is 2.85 bits per heavy atom. The minimum Gasteiger partial charge on any atom is -0.368 e. The van der Waals surface area contributed by atoms with Crippen LogP contribution in [0.3, 0.4) is 0 Å². The number of nitrogens with zero attached hydrogens (tertiary/aromatic N) is 2. The van der Waals surface area contributed by atoms with E-state index in [9.17, 15) is 4.39 Å². The molecule has 20 heavy (non-hydrogen) atoms. The molecular formula is C13H10ClFN4S. The predicted molar refractivity (Wildman–Crippen MR) is 81.3 cm³/mol. The van der Waals surface area contributed by atoms with Gasteiger partial charge in [-0.05, 0) is 31.2 Å². The molecule has 0 atom stereocenters. The van der Waals surface area contributed by atoms with Gasteiger partial charge < -0.3 is 11.1 Å². The minimum atomic E-state index is -0.489. The van der Waals surface area contributed by atoms with Crippen molar-refractivity contribution in [3.05, 3.63) is 40.0 Å². The van der Waals surface area contributed by atoms with Gasteiger partial charge in [0, 0.05) is 10.6 Å². The van der Waals surface area contributed by atoms with Crippen LogP contribution >= 0.6 is 22.9 Å². The van der Waals surface area contributed by atoms with Crippen LogP contribution in [-0.4, -0.2) is 9.97 Å². The lowest BCUT2D eigenvalue weighted by molar-refractivity contribution is 0.629. The maximum atomic E-state index is 13.5. The molecule has 4 nitrogen and oxygen atoms in total. The van der Waals surface area contributed by atoms with Crippen LogP contribution in [0.5, 0.6) is 0 Å². The van der Waals surface area contributed by atoms with E-state index in [2.05, 4.69) is 15.3 Å². The van der Waals surface area contributed by atoms with Crippen molar-refractivity contribution in [2.45, 2.75) is 6.92 Å². The highest BCUT2D eigenvalue weighted by molar-refractivity contribution is 7.18. The van der Waals surface area contributed by atoms with Gasteiger partial charge in [0.25, 0.3) is 0 Å². The molecule has 0 aliphatic heterocycles. The highest BCUT2D eigenvalue weighted by Gasteiger charge is 2.10. The lowest BCUT2D eigenvalue weighted by Crippen LogP contribution is -2.00. The van der Waals surface area contributed by atoms with E-state index >= 15 is 0 Å². The largest absolute Gasteiger partial charge is 0.368 e. The molecule has 0 fully saturated rings. The third-order valence-electron chi connectivity index (χ3n) is 2.72. The minimum absolute atomic E-state index is 0.0780. The summed E-state index contributed by atoms with van der Waals surface area (Å²) in [7, 11) is 0. The Morgan fingerprint density at radius 1 is 1.30 bits per heavy atom. The van der Waals surface area contributed by atoms with E-state index in [0.29, 0.717) is 11.5 Å². The number of nitrogen functional groups attached to an aromatic ring is 1. The molecule has 0 aliphatic carbocycles. The maximum Gasteiger partial charge on any atom is 0.223 e. The summed E-state index contributed by atoms with van der Waals surface area (Å²) in [6.45, 7) is 1.98. The van der Waals surface area contributed by atoms with Gasteiger partial charge in [-0.15, -0.1) is 11.3 Å². The topological polar surface area (TPSA) is 63.8 Å². The number of hydrogen-bond donors (Lipinski definition) is 2. The van der Waals surface area contributed by atoms with E-state index in [-0.39, 0.29) is 11.0 Å². The first-order valence-electron chi connectivity index (χ1n) is 5.78. The zero-order valence-corrected chi connectivity index (χ0v) is 12.0. The normalized spacial score (nSPS) is 10.9. The Balaban J connectivity index is 2.07. The molecule has 0 spiro atoms. The van der Waals surface area contributed by atoms with Crippen LogP contribution in [0.2, 0.25) is 5.02 Å². The summed E-state index contributed by atoms with van der Waals surface area (Å²) < 4.78 is 13.5. The quantitative estimate of drug-likeness (QED) is 0.747. The molecule has 0 bridgehead atoms. The van der Waals surface area contributed by atoms with Gasteiger partial charge in [-0.25, -0.2) is 9.37 Å². The summed E-state index contributed by atoms with van der Waals surface area (Å²) in [5.74, 6) is 0.242. The van der Waals surface area contributed by atoms with E-state index in [1.807, 2.05) is 13.0 Å². The Labute approximate surface area is 123 Å². The molecule has 0 radical (unpaired) electrons. The number of thiophene rings is 1. The number of rotatable bonds is 2. The van der Waals surface area contributed by atoms with Crippen molar-refractivity contribution in [1.29, 1.82) is 0 Å². The standard InChI is InChI=1S/C13H10ClFN4S/c1-6-4-8-11(18-13(16)19-12(8)20-6)17-7-2-3-9(14)10(15)5-7/h2-5H,1H3,(H3,16,17,18,19). The highest BCUT2D eigenvalue weighted by atomic mass is 35.5. The first-order chi connectivity index (χ1) is 9.52. The number of aryl methyl sites for hydroxylation is 1. The summed E-state index contributed by atoms with van der Waals surface area (Å²) >= 11 is 7.19. The van der Waals surface area contributed by atoms with E-state index in [0.717, 1.165) is 15.1 Å². The molecule has 7 heteroatoms. The molecule has 2 aromatic heterocycles. The monoisotopic (exact) mass is 308 g/mol. The van der Waals surface area contributed by atoms with Crippen LogP contribution in [-0.2, 0) is 0 Å². The van der Waals surface area contributed by atoms with Crippen LogP contribution < -0.4 is 11.1 Å². The number of benzene rings is 1. The first-order valence-corrected chi connectivity index (χ1v) is 6.98. The van der Waals surface area contributed by atoms with Crippen LogP contribution in [0.25, 0.3) is 10.2 Å². The first kappa shape index (κ1) is 13.1. The number of aromatic nitrogens is 2. The van der Waals surface area contributed by atoms with Gasteiger partial charge in [-0.2, -0.15) is 4.98 Å². The van der Waals surface area contributed by atoms with Gasteiger partial charge in [0.15, 0.2) is 0 Å². The van der Waals surface area contributed by atoms with Gasteiger partial charge in [0.05, 0.1) is 10.4 Å². The van der Waals surface area contributed by atoms with Crippen molar-refractivity contribution in [1.82, 2.24) is 9.97 Å². The number of hydrogen-bond acceptors (Lipinski definition) is 5. The van der Waals surface area contributed by atoms with E-state index in [1.165, 1.54) is 23.5 Å². The average Bonchev–Trinajstić information content (AvgIpc) is 2.74. The van der Waals surface area contributed by atoms with Crippen LogP contribution in [0.15, 0.2) is 24.3 Å². The molecule has 0 saturated carbocycles. The van der Waals surface area contributed by atoms with Crippen LogP contribution in [0.4, 0.5) is 21.8 Å². The van der Waals surface area contributed by atoms with Gasteiger partial charge in [0.1, 0.15) is 16.5 Å². The van der Waals surface area contributed by atoms with Gasteiger partial charge >= 0.3 is 0 Å². The SMILES string of the molecule is Cc1cc2c(Nc3ccc(Cl)c(F)c3)nc(N)nc2s1. The third-order valence-corrected chi connectivity index (χ3v) is 3.97. The van der Waals surface area contributed by atoms with Crippen molar-refractivity contribution in [2.24, 2.45) is 0 Å². The van der Waals surface area contributed by atoms with Gasteiger partial charge in [0.2, 0.25) is 5.95 Å². The van der Waals surface area contributed by atoms with Crippen molar-refractivity contribution in [2.75, 3.05) is 11.1 Å². The second-order valence-electron chi connectivity index (χ2n) is 4.26. The molecule has 1 aromatic carbocycles. The molecule has 3 aromatic rings. The second-order valence-corrected chi connectivity index (χ2v) is 5.90. The van der Waals surface area contributed by atoms with Crippen molar-refractivity contribution >= 4 is 50.6 Å². The summed E-state index contributed by atoms with van der Waals surface area (Å²) in [4.78, 5) is 10.2. The average molecular weight is 309 g/mol. The lowest BCUT2D eigenvalue weighted by atomic mass is 10.3. The van der Waals surface area contributed by atoms with E-state index < -0.39 is 5.82 Å². The predicted octanol–water partition coefficient (Wildman–Crippen LogP) is 4.12. The van der Waals surface area contributed by atoms with Crippen LogP contribution in [0, 0.1) is 12.7 Å². The Kier molecular flexibility index (Phi) is 3.19. The molecule has 3 N–H and O–H groups in total. The van der Waals surface area contributed by atoms with Crippen molar-refractivity contribution in [3.8, 4) is 0 Å². The Bertz CT molecular complexity index is 802. The second kappa shape index (κ2) is 4.88. The maximum absolute atomic E-state index is 13.5. The molecule has 0 amide bonds. The Hall–Kier alpha value is -1.92. The summed E-state index contributed by atoms with van der Waals surface area (Å²) in [6.07, 6.45) is 0. The van der Waals surface area contributed by atoms with E-state index in [4.69, 9.17) is 17.3 Å². The third kappa shape index (κ3) is 2.39. The number of nitrogens with one attached hydrogen (secondary N) is 1. The Morgan fingerprint density at radius 2 is 2.10 bits per heavy atom. The lowest BCUT2D eigenvalue weighted by Gasteiger charge is -2.08. The highest BCUT2D eigenvalue weighted by Crippen LogP contribution is 2.31. The fraction of sp³-hybridized carbons (Fsp3) is 0.0769. The molecule has 0 unspecified atom stereocenters. The molecule has 0 saturated heterocycles.